The van der Waals surface area contributed by atoms with Crippen molar-refractivity contribution in [1.29, 1.82) is 0 Å². The van der Waals surface area contributed by atoms with E-state index >= 15 is 0 Å². The third kappa shape index (κ3) is 2.85. The monoisotopic (exact) mass is 288 g/mol. The number of amides is 1. The Morgan fingerprint density at radius 1 is 1.40 bits per heavy atom. The summed E-state index contributed by atoms with van der Waals surface area (Å²) in [4.78, 5) is 18.9. The van der Waals surface area contributed by atoms with Crippen molar-refractivity contribution >= 4 is 27.5 Å². The van der Waals surface area contributed by atoms with Crippen molar-refractivity contribution in [1.82, 2.24) is 9.88 Å². The molecule has 1 aromatic heterocycles. The molecule has 20 heavy (non-hydrogen) atoms. The zero-order valence-electron chi connectivity index (χ0n) is 11.8. The van der Waals surface area contributed by atoms with Crippen LogP contribution in [-0.4, -0.2) is 28.4 Å². The Hall–Kier alpha value is -1.42. The number of carbonyl (C=O) groups is 1. The number of fused-ring (bicyclic) bond motifs is 1. The topological polar surface area (TPSA) is 33.2 Å². The van der Waals surface area contributed by atoms with Gasteiger partial charge in [-0.2, -0.15) is 0 Å². The van der Waals surface area contributed by atoms with E-state index in [0.29, 0.717) is 12.5 Å². The minimum absolute atomic E-state index is 0.288. The van der Waals surface area contributed by atoms with Gasteiger partial charge in [0.25, 0.3) is 0 Å². The molecule has 1 saturated heterocycles. The first kappa shape index (κ1) is 13.6. The molecule has 1 fully saturated rings. The van der Waals surface area contributed by atoms with Gasteiger partial charge in [0.1, 0.15) is 0 Å². The normalized spacial score (nSPS) is 19.4. The summed E-state index contributed by atoms with van der Waals surface area (Å²) >= 11 is 1.70. The zero-order chi connectivity index (χ0) is 13.9. The largest absolute Gasteiger partial charge is 0.340 e. The van der Waals surface area contributed by atoms with Crippen LogP contribution < -0.4 is 0 Å². The molecule has 1 aliphatic rings. The van der Waals surface area contributed by atoms with Crippen LogP contribution in [0.3, 0.4) is 0 Å². The summed E-state index contributed by atoms with van der Waals surface area (Å²) in [6.45, 7) is 3.09. The molecule has 1 amide bonds. The molecule has 106 valence electrons. The summed E-state index contributed by atoms with van der Waals surface area (Å²) in [7, 11) is 0. The first-order chi connectivity index (χ1) is 9.74. The van der Waals surface area contributed by atoms with Crippen LogP contribution in [0.25, 0.3) is 10.2 Å². The number of rotatable bonds is 3. The number of aryl methyl sites for hydroxylation is 1. The highest BCUT2D eigenvalue weighted by Crippen LogP contribution is 2.23. The van der Waals surface area contributed by atoms with Crippen molar-refractivity contribution in [3.05, 3.63) is 29.3 Å². The fourth-order valence-corrected chi connectivity index (χ4v) is 3.82. The standard InChI is InChI=1S/C16H20N2OS/c1-12-6-4-5-11-18(12)16(19)10-9-15-17-13-7-2-3-8-14(13)20-15/h2-3,7-8,12H,4-6,9-11H2,1H3. The third-order valence-corrected chi connectivity index (χ3v) is 5.11. The summed E-state index contributed by atoms with van der Waals surface area (Å²) in [5.41, 5.74) is 1.05. The third-order valence-electron chi connectivity index (χ3n) is 4.01. The summed E-state index contributed by atoms with van der Waals surface area (Å²) in [5.74, 6) is 0.288. The summed E-state index contributed by atoms with van der Waals surface area (Å²) < 4.78 is 1.21. The van der Waals surface area contributed by atoms with Crippen LogP contribution in [0.4, 0.5) is 0 Å². The van der Waals surface area contributed by atoms with Crippen LogP contribution in [0.2, 0.25) is 0 Å². The van der Waals surface area contributed by atoms with Gasteiger partial charge in [-0.3, -0.25) is 4.79 Å². The number of hydrogen-bond acceptors (Lipinski definition) is 3. The lowest BCUT2D eigenvalue weighted by Gasteiger charge is -2.33. The first-order valence-electron chi connectivity index (χ1n) is 7.38. The van der Waals surface area contributed by atoms with Crippen molar-refractivity contribution in [3.8, 4) is 0 Å². The smallest absolute Gasteiger partial charge is 0.223 e. The highest BCUT2D eigenvalue weighted by molar-refractivity contribution is 7.18. The van der Waals surface area contributed by atoms with E-state index in [2.05, 4.69) is 22.9 Å². The van der Waals surface area contributed by atoms with Gasteiger partial charge >= 0.3 is 0 Å². The summed E-state index contributed by atoms with van der Waals surface area (Å²) in [6.07, 6.45) is 4.90. The summed E-state index contributed by atoms with van der Waals surface area (Å²) in [5, 5.41) is 1.07. The van der Waals surface area contributed by atoms with E-state index in [1.165, 1.54) is 11.1 Å². The van der Waals surface area contributed by atoms with E-state index in [-0.39, 0.29) is 5.91 Å². The van der Waals surface area contributed by atoms with Crippen LogP contribution >= 0.6 is 11.3 Å². The number of hydrogen-bond donors (Lipinski definition) is 0. The molecule has 0 saturated carbocycles. The molecule has 0 bridgehead atoms. The molecule has 4 heteroatoms. The van der Waals surface area contributed by atoms with Crippen molar-refractivity contribution < 1.29 is 4.79 Å². The van der Waals surface area contributed by atoms with Crippen LogP contribution in [0.1, 0.15) is 37.6 Å². The Labute approximate surface area is 123 Å². The van der Waals surface area contributed by atoms with Gasteiger partial charge in [0, 0.05) is 25.4 Å². The zero-order valence-corrected chi connectivity index (χ0v) is 12.7. The fourth-order valence-electron chi connectivity index (χ4n) is 2.85. The average Bonchev–Trinajstić information content (AvgIpc) is 2.88. The Kier molecular flexibility index (Phi) is 4.01. The predicted octanol–water partition coefficient (Wildman–Crippen LogP) is 3.63. The maximum atomic E-state index is 12.3. The Morgan fingerprint density at radius 2 is 2.25 bits per heavy atom. The van der Waals surface area contributed by atoms with Crippen molar-refractivity contribution in [2.45, 2.75) is 45.1 Å². The van der Waals surface area contributed by atoms with Gasteiger partial charge < -0.3 is 4.90 Å². The number of benzene rings is 1. The number of thiazole rings is 1. The van der Waals surface area contributed by atoms with Gasteiger partial charge in [-0.05, 0) is 38.3 Å². The molecule has 1 atom stereocenters. The lowest BCUT2D eigenvalue weighted by Crippen LogP contribution is -2.42. The molecular weight excluding hydrogens is 268 g/mol. The van der Waals surface area contributed by atoms with Crippen LogP contribution in [0, 0.1) is 0 Å². The summed E-state index contributed by atoms with van der Waals surface area (Å²) in [6, 6.07) is 8.57. The Bertz CT molecular complexity index is 574. The molecule has 0 spiro atoms. The fraction of sp³-hybridized carbons (Fsp3) is 0.500. The molecule has 2 aromatic rings. The van der Waals surface area contributed by atoms with Gasteiger partial charge in [-0.15, -0.1) is 11.3 Å². The van der Waals surface area contributed by atoms with Crippen molar-refractivity contribution in [2.24, 2.45) is 0 Å². The molecule has 1 unspecified atom stereocenters. The van der Waals surface area contributed by atoms with Crippen LogP contribution in [0.15, 0.2) is 24.3 Å². The van der Waals surface area contributed by atoms with E-state index in [1.54, 1.807) is 11.3 Å². The number of nitrogens with zero attached hydrogens (tertiary/aromatic N) is 2. The van der Waals surface area contributed by atoms with E-state index in [9.17, 15) is 4.79 Å². The number of para-hydroxylation sites is 1. The van der Waals surface area contributed by atoms with E-state index in [0.717, 1.165) is 36.3 Å². The van der Waals surface area contributed by atoms with Gasteiger partial charge in [0.15, 0.2) is 0 Å². The van der Waals surface area contributed by atoms with Gasteiger partial charge in [-0.1, -0.05) is 12.1 Å². The number of aromatic nitrogens is 1. The molecule has 0 aliphatic carbocycles. The molecular formula is C16H20N2OS. The quantitative estimate of drug-likeness (QED) is 0.864. The first-order valence-corrected chi connectivity index (χ1v) is 8.19. The lowest BCUT2D eigenvalue weighted by molar-refractivity contribution is -0.134. The second-order valence-electron chi connectivity index (χ2n) is 5.51. The van der Waals surface area contributed by atoms with E-state index in [1.807, 2.05) is 18.2 Å². The molecule has 2 heterocycles. The predicted molar refractivity (Wildman–Crippen MR) is 83.0 cm³/mol. The van der Waals surface area contributed by atoms with Crippen LogP contribution in [-0.2, 0) is 11.2 Å². The average molecular weight is 288 g/mol. The van der Waals surface area contributed by atoms with Gasteiger partial charge in [0.2, 0.25) is 5.91 Å². The molecule has 3 rings (SSSR count). The Morgan fingerprint density at radius 3 is 3.05 bits per heavy atom. The highest BCUT2D eigenvalue weighted by Gasteiger charge is 2.22. The maximum absolute atomic E-state index is 12.3. The number of carbonyl (C=O) groups excluding carboxylic acids is 1. The van der Waals surface area contributed by atoms with Gasteiger partial charge in [0.05, 0.1) is 15.2 Å². The minimum Gasteiger partial charge on any atom is -0.340 e. The van der Waals surface area contributed by atoms with Crippen molar-refractivity contribution in [3.63, 3.8) is 0 Å². The minimum atomic E-state index is 0.288. The molecule has 1 aliphatic heterocycles. The highest BCUT2D eigenvalue weighted by atomic mass is 32.1. The van der Waals surface area contributed by atoms with Gasteiger partial charge in [-0.25, -0.2) is 4.98 Å². The second kappa shape index (κ2) is 5.92. The lowest BCUT2D eigenvalue weighted by atomic mass is 10.0. The van der Waals surface area contributed by atoms with Crippen molar-refractivity contribution in [2.75, 3.05) is 6.54 Å². The Balaban J connectivity index is 1.62. The van der Waals surface area contributed by atoms with Crippen LogP contribution in [0.5, 0.6) is 0 Å². The molecule has 3 nitrogen and oxygen atoms in total. The molecule has 0 radical (unpaired) electrons. The number of likely N-dealkylation sites (tertiary alicyclic amines) is 1. The molecule has 1 aromatic carbocycles. The maximum Gasteiger partial charge on any atom is 0.223 e. The number of piperidine rings is 1. The second-order valence-corrected chi connectivity index (χ2v) is 6.62. The molecule has 0 N–H and O–H groups in total. The van der Waals surface area contributed by atoms with E-state index < -0.39 is 0 Å². The van der Waals surface area contributed by atoms with E-state index in [4.69, 9.17) is 0 Å². The SMILES string of the molecule is CC1CCCCN1C(=O)CCc1nc2ccccc2s1.